The Morgan fingerprint density at radius 1 is 0.621 bits per heavy atom. The van der Waals surface area contributed by atoms with Gasteiger partial charge in [-0.05, 0) is 44.0 Å². The van der Waals surface area contributed by atoms with Crippen LogP contribution in [0, 0.1) is 20.8 Å². The average Bonchev–Trinajstić information content (AvgIpc) is 2.65. The molecule has 0 saturated carbocycles. The summed E-state index contributed by atoms with van der Waals surface area (Å²) in [5.41, 5.74) is 4.12. The molecule has 0 aliphatic rings. The summed E-state index contributed by atoms with van der Waals surface area (Å²) in [6, 6.07) is 11.8. The molecule has 3 rings (SSSR count). The molecule has 0 aliphatic carbocycles. The van der Waals surface area contributed by atoms with Gasteiger partial charge in [-0.2, -0.15) is 0 Å². The third-order valence-corrected chi connectivity index (χ3v) is 4.27. The van der Waals surface area contributed by atoms with E-state index >= 15 is 0 Å². The molecule has 0 radical (unpaired) electrons. The van der Waals surface area contributed by atoms with E-state index in [2.05, 4.69) is 52.6 Å². The van der Waals surface area contributed by atoms with Crippen molar-refractivity contribution >= 4 is 23.0 Å². The molecule has 0 fully saturated rings. The molecule has 2 N–H and O–H groups in total. The lowest BCUT2D eigenvalue weighted by molar-refractivity contribution is 0.324. The Balaban J connectivity index is 1.90. The van der Waals surface area contributed by atoms with Crippen molar-refractivity contribution in [2.24, 2.45) is 0 Å². The first kappa shape index (κ1) is 20.3. The van der Waals surface area contributed by atoms with E-state index in [1.807, 2.05) is 25.1 Å². The van der Waals surface area contributed by atoms with Gasteiger partial charge in [0.25, 0.3) is 0 Å². The Kier molecular flexibility index (Phi) is 6.07. The van der Waals surface area contributed by atoms with Gasteiger partial charge in [-0.25, -0.2) is 9.97 Å². The smallest absolute Gasteiger partial charge is 0.203 e. The topological polar surface area (TPSA) is 77.5 Å². The summed E-state index contributed by atoms with van der Waals surface area (Å²) in [4.78, 5) is 8.98. The van der Waals surface area contributed by atoms with Crippen molar-refractivity contribution in [3.05, 3.63) is 53.3 Å². The molecule has 0 bridgehead atoms. The van der Waals surface area contributed by atoms with Gasteiger partial charge < -0.3 is 24.8 Å². The van der Waals surface area contributed by atoms with Crippen molar-refractivity contribution in [1.29, 1.82) is 0 Å². The van der Waals surface area contributed by atoms with Crippen LogP contribution in [0.4, 0.5) is 23.0 Å². The van der Waals surface area contributed by atoms with Crippen LogP contribution in [0.2, 0.25) is 0 Å². The standard InChI is InChI=1S/C22H26N4O3/c1-13-7-14(2)9-16(8-13)25-20-12-21(24-15(3)23-20)26-17-10-18(27-4)22(29-6)19(11-17)28-5/h7-12H,1-6H3,(H2,23,24,25,26). The number of nitrogens with zero attached hydrogens (tertiary/aromatic N) is 2. The van der Waals surface area contributed by atoms with Gasteiger partial charge in [0, 0.05) is 29.6 Å². The Bertz CT molecular complexity index is 976. The third-order valence-electron chi connectivity index (χ3n) is 4.27. The number of aryl methyl sites for hydroxylation is 3. The van der Waals surface area contributed by atoms with Gasteiger partial charge in [0.2, 0.25) is 5.75 Å². The number of aromatic nitrogens is 2. The molecule has 0 atom stereocenters. The average molecular weight is 394 g/mol. The van der Waals surface area contributed by atoms with E-state index in [-0.39, 0.29) is 0 Å². The van der Waals surface area contributed by atoms with E-state index in [1.165, 1.54) is 11.1 Å². The molecule has 29 heavy (non-hydrogen) atoms. The minimum absolute atomic E-state index is 0.539. The van der Waals surface area contributed by atoms with Crippen molar-refractivity contribution in [3.63, 3.8) is 0 Å². The molecule has 0 saturated heterocycles. The summed E-state index contributed by atoms with van der Waals surface area (Å²) in [6.45, 7) is 5.99. The molecule has 0 aliphatic heterocycles. The third kappa shape index (κ3) is 4.87. The molecule has 7 nitrogen and oxygen atoms in total. The molecule has 152 valence electrons. The van der Waals surface area contributed by atoms with Gasteiger partial charge in [0.05, 0.1) is 21.3 Å². The van der Waals surface area contributed by atoms with E-state index in [1.54, 1.807) is 21.3 Å². The van der Waals surface area contributed by atoms with Gasteiger partial charge >= 0.3 is 0 Å². The number of methoxy groups -OCH3 is 3. The summed E-state index contributed by atoms with van der Waals surface area (Å²) < 4.78 is 16.2. The minimum Gasteiger partial charge on any atom is -0.493 e. The monoisotopic (exact) mass is 394 g/mol. The van der Waals surface area contributed by atoms with Crippen molar-refractivity contribution in [2.75, 3.05) is 32.0 Å². The number of ether oxygens (including phenoxy) is 3. The lowest BCUT2D eigenvalue weighted by atomic mass is 10.1. The summed E-state index contributed by atoms with van der Waals surface area (Å²) in [5.74, 6) is 3.67. The molecular formula is C22H26N4O3. The molecule has 1 heterocycles. The van der Waals surface area contributed by atoms with Crippen LogP contribution in [0.1, 0.15) is 17.0 Å². The maximum Gasteiger partial charge on any atom is 0.203 e. The second kappa shape index (κ2) is 8.68. The fourth-order valence-electron chi connectivity index (χ4n) is 3.19. The first-order chi connectivity index (χ1) is 13.9. The van der Waals surface area contributed by atoms with Crippen molar-refractivity contribution in [3.8, 4) is 17.2 Å². The van der Waals surface area contributed by atoms with Gasteiger partial charge in [0.1, 0.15) is 17.5 Å². The number of nitrogens with one attached hydrogen (secondary N) is 2. The normalized spacial score (nSPS) is 10.4. The summed E-state index contributed by atoms with van der Waals surface area (Å²) in [5, 5.41) is 6.64. The van der Waals surface area contributed by atoms with Crippen LogP contribution in [0.25, 0.3) is 0 Å². The van der Waals surface area contributed by atoms with E-state index in [0.29, 0.717) is 34.7 Å². The number of benzene rings is 2. The molecule has 0 spiro atoms. The molecular weight excluding hydrogens is 368 g/mol. The summed E-state index contributed by atoms with van der Waals surface area (Å²) in [7, 11) is 4.75. The lowest BCUT2D eigenvalue weighted by Gasteiger charge is -2.15. The second-order valence-electron chi connectivity index (χ2n) is 6.73. The van der Waals surface area contributed by atoms with Gasteiger partial charge in [-0.3, -0.25) is 0 Å². The zero-order chi connectivity index (χ0) is 21.0. The maximum atomic E-state index is 5.42. The zero-order valence-corrected chi connectivity index (χ0v) is 17.6. The van der Waals surface area contributed by atoms with Crippen molar-refractivity contribution in [1.82, 2.24) is 9.97 Å². The van der Waals surface area contributed by atoms with Gasteiger partial charge in [-0.15, -0.1) is 0 Å². The van der Waals surface area contributed by atoms with Gasteiger partial charge in [0.15, 0.2) is 11.5 Å². The Morgan fingerprint density at radius 3 is 1.55 bits per heavy atom. The van der Waals surface area contributed by atoms with Crippen LogP contribution in [0.3, 0.4) is 0 Å². The molecule has 0 unspecified atom stereocenters. The highest BCUT2D eigenvalue weighted by Gasteiger charge is 2.14. The van der Waals surface area contributed by atoms with E-state index < -0.39 is 0 Å². The van der Waals surface area contributed by atoms with Crippen LogP contribution in [0.5, 0.6) is 17.2 Å². The van der Waals surface area contributed by atoms with E-state index in [0.717, 1.165) is 11.4 Å². The number of hydrogen-bond donors (Lipinski definition) is 2. The van der Waals surface area contributed by atoms with Crippen molar-refractivity contribution < 1.29 is 14.2 Å². The van der Waals surface area contributed by atoms with E-state index in [4.69, 9.17) is 14.2 Å². The van der Waals surface area contributed by atoms with Crippen molar-refractivity contribution in [2.45, 2.75) is 20.8 Å². The molecule has 3 aromatic rings. The highest BCUT2D eigenvalue weighted by molar-refractivity contribution is 5.68. The quantitative estimate of drug-likeness (QED) is 0.589. The second-order valence-corrected chi connectivity index (χ2v) is 6.73. The first-order valence-electron chi connectivity index (χ1n) is 9.20. The Labute approximate surface area is 171 Å². The minimum atomic E-state index is 0.539. The lowest BCUT2D eigenvalue weighted by Crippen LogP contribution is -2.03. The predicted octanol–water partition coefficient (Wildman–Crippen LogP) is 4.91. The number of anilines is 4. The number of rotatable bonds is 7. The molecule has 7 heteroatoms. The maximum absolute atomic E-state index is 5.42. The number of hydrogen-bond acceptors (Lipinski definition) is 7. The molecule has 1 aromatic heterocycles. The van der Waals surface area contributed by atoms with Crippen LogP contribution < -0.4 is 24.8 Å². The predicted molar refractivity (Wildman–Crippen MR) is 115 cm³/mol. The largest absolute Gasteiger partial charge is 0.493 e. The van der Waals surface area contributed by atoms with Crippen LogP contribution >= 0.6 is 0 Å². The fraction of sp³-hybridized carbons (Fsp3) is 0.273. The molecule has 2 aromatic carbocycles. The zero-order valence-electron chi connectivity index (χ0n) is 17.6. The highest BCUT2D eigenvalue weighted by atomic mass is 16.5. The summed E-state index contributed by atoms with van der Waals surface area (Å²) in [6.07, 6.45) is 0. The van der Waals surface area contributed by atoms with Crippen LogP contribution in [0.15, 0.2) is 36.4 Å². The van der Waals surface area contributed by atoms with E-state index in [9.17, 15) is 0 Å². The highest BCUT2D eigenvalue weighted by Crippen LogP contribution is 2.40. The van der Waals surface area contributed by atoms with Gasteiger partial charge in [-0.1, -0.05) is 6.07 Å². The fourth-order valence-corrected chi connectivity index (χ4v) is 3.19. The first-order valence-corrected chi connectivity index (χ1v) is 9.20. The van der Waals surface area contributed by atoms with Crippen LogP contribution in [-0.2, 0) is 0 Å². The van der Waals surface area contributed by atoms with Crippen LogP contribution in [-0.4, -0.2) is 31.3 Å². The Morgan fingerprint density at radius 2 is 1.10 bits per heavy atom. The SMILES string of the molecule is COc1cc(Nc2cc(Nc3cc(C)cc(C)c3)nc(C)n2)cc(OC)c1OC. The summed E-state index contributed by atoms with van der Waals surface area (Å²) >= 11 is 0. The molecule has 0 amide bonds. The Hall–Kier alpha value is -3.48.